The number of H-pyrrole nitrogens is 1. The summed E-state index contributed by atoms with van der Waals surface area (Å²) in [5.74, 6) is -0.820. The molecule has 0 saturated heterocycles. The number of nitriles is 1. The van der Waals surface area contributed by atoms with Crippen molar-refractivity contribution in [1.29, 1.82) is 5.26 Å². The summed E-state index contributed by atoms with van der Waals surface area (Å²) in [7, 11) is 0. The topological polar surface area (TPSA) is 112 Å². The fraction of sp³-hybridized carbons (Fsp3) is 0.105. The average Bonchev–Trinajstić information content (AvgIpc) is 2.62. The van der Waals surface area contributed by atoms with Gasteiger partial charge in [-0.05, 0) is 49.1 Å². The van der Waals surface area contributed by atoms with Crippen molar-refractivity contribution < 1.29 is 4.79 Å². The largest absolute Gasteiger partial charge is 0.365 e. The molecule has 0 radical (unpaired) electrons. The van der Waals surface area contributed by atoms with E-state index in [4.69, 9.17) is 11.0 Å². The Morgan fingerprint density at radius 3 is 2.73 bits per heavy atom. The minimum Gasteiger partial charge on any atom is -0.365 e. The molecule has 7 heteroatoms. The zero-order valence-corrected chi connectivity index (χ0v) is 15.0. The fourth-order valence-electron chi connectivity index (χ4n) is 2.84. The Kier molecular flexibility index (Phi) is 4.69. The molecule has 0 spiro atoms. The van der Waals surface area contributed by atoms with E-state index < -0.39 is 11.5 Å². The highest BCUT2D eigenvalue weighted by atomic mass is 32.2. The van der Waals surface area contributed by atoms with Gasteiger partial charge in [-0.3, -0.25) is 9.59 Å². The molecule has 1 heterocycles. The van der Waals surface area contributed by atoms with Crippen LogP contribution < -0.4 is 16.6 Å². The molecule has 4 N–H and O–H groups in total. The van der Waals surface area contributed by atoms with Crippen molar-refractivity contribution in [1.82, 2.24) is 4.98 Å². The summed E-state index contributed by atoms with van der Waals surface area (Å²) in [5.41, 5.74) is 7.68. The number of nitrogens with two attached hydrogens (primary N) is 1. The minimum atomic E-state index is -0.820. The molecule has 0 aliphatic rings. The molecule has 3 aromatic rings. The number of benzene rings is 2. The van der Waals surface area contributed by atoms with E-state index in [0.29, 0.717) is 27.8 Å². The number of primary amides is 1. The lowest BCUT2D eigenvalue weighted by Crippen LogP contribution is -2.25. The van der Waals surface area contributed by atoms with Crippen LogP contribution in [0, 0.1) is 18.3 Å². The van der Waals surface area contributed by atoms with Crippen molar-refractivity contribution in [3.05, 3.63) is 63.4 Å². The predicted octanol–water partition coefficient (Wildman–Crippen LogP) is 3.27. The Morgan fingerprint density at radius 2 is 2.08 bits per heavy atom. The maximum atomic E-state index is 12.5. The average molecular weight is 364 g/mol. The molecule has 0 fully saturated rings. The molecule has 0 unspecified atom stereocenters. The first-order valence-corrected chi connectivity index (χ1v) is 8.98. The molecule has 0 saturated carbocycles. The van der Waals surface area contributed by atoms with E-state index in [1.165, 1.54) is 0 Å². The summed E-state index contributed by atoms with van der Waals surface area (Å²) in [4.78, 5) is 28.1. The third kappa shape index (κ3) is 3.15. The number of hydrogen-bond acceptors (Lipinski definition) is 5. The van der Waals surface area contributed by atoms with Crippen molar-refractivity contribution in [2.24, 2.45) is 5.73 Å². The van der Waals surface area contributed by atoms with Gasteiger partial charge < -0.3 is 16.0 Å². The van der Waals surface area contributed by atoms with Gasteiger partial charge in [0.15, 0.2) is 0 Å². The second-order valence-corrected chi connectivity index (χ2v) is 6.63. The van der Waals surface area contributed by atoms with Crippen molar-refractivity contribution in [3.63, 3.8) is 0 Å². The molecule has 130 valence electrons. The van der Waals surface area contributed by atoms with Gasteiger partial charge in [-0.1, -0.05) is 6.07 Å². The van der Waals surface area contributed by atoms with Crippen molar-refractivity contribution in [2.75, 3.05) is 11.6 Å². The normalized spacial score (nSPS) is 10.5. The van der Waals surface area contributed by atoms with Crippen LogP contribution in [0.1, 0.15) is 21.5 Å². The van der Waals surface area contributed by atoms with Crippen LogP contribution in [0.15, 0.2) is 46.1 Å². The maximum Gasteiger partial charge on any atom is 0.263 e. The standard InChI is InChI=1S/C19H16N4O2S/c1-10-6-13(26-2)8-14-16(10)23-19(25)15(18(21)24)17(14)22-12-5-3-4-11(7-12)9-20/h3-8H,1-2H3,(H2,21,24)(H2,22,23,25). The highest BCUT2D eigenvalue weighted by Crippen LogP contribution is 2.32. The van der Waals surface area contributed by atoms with Gasteiger partial charge >= 0.3 is 0 Å². The first kappa shape index (κ1) is 17.6. The van der Waals surface area contributed by atoms with Crippen LogP contribution in [0.3, 0.4) is 0 Å². The van der Waals surface area contributed by atoms with Gasteiger partial charge in [0.2, 0.25) is 0 Å². The van der Waals surface area contributed by atoms with Crippen LogP contribution in [-0.2, 0) is 0 Å². The molecular weight excluding hydrogens is 348 g/mol. The first-order valence-electron chi connectivity index (χ1n) is 7.76. The SMILES string of the molecule is CSc1cc(C)c2[nH]c(=O)c(C(N)=O)c(Nc3cccc(C#N)c3)c2c1. The van der Waals surface area contributed by atoms with Crippen LogP contribution in [0.25, 0.3) is 10.9 Å². The molecular formula is C19H16N4O2S. The number of amides is 1. The molecule has 26 heavy (non-hydrogen) atoms. The third-order valence-corrected chi connectivity index (χ3v) is 4.74. The molecule has 0 aliphatic carbocycles. The zero-order chi connectivity index (χ0) is 18.8. The molecule has 6 nitrogen and oxygen atoms in total. The van der Waals surface area contributed by atoms with Gasteiger partial charge in [0, 0.05) is 16.0 Å². The summed E-state index contributed by atoms with van der Waals surface area (Å²) in [6.45, 7) is 1.89. The third-order valence-electron chi connectivity index (χ3n) is 4.04. The minimum absolute atomic E-state index is 0.141. The van der Waals surface area contributed by atoms with E-state index >= 15 is 0 Å². The summed E-state index contributed by atoms with van der Waals surface area (Å²) >= 11 is 1.56. The molecule has 1 aromatic heterocycles. The molecule has 1 amide bonds. The van der Waals surface area contributed by atoms with Crippen LogP contribution in [0.2, 0.25) is 0 Å². The number of anilines is 2. The van der Waals surface area contributed by atoms with E-state index in [1.54, 1.807) is 36.0 Å². The van der Waals surface area contributed by atoms with Crippen molar-refractivity contribution in [3.8, 4) is 6.07 Å². The number of carbonyl (C=O) groups is 1. The quantitative estimate of drug-likeness (QED) is 0.615. The van der Waals surface area contributed by atoms with Gasteiger partial charge in [0.25, 0.3) is 11.5 Å². The number of aromatic nitrogens is 1. The number of nitrogens with zero attached hydrogens (tertiary/aromatic N) is 1. The molecule has 0 aliphatic heterocycles. The lowest BCUT2D eigenvalue weighted by molar-refractivity contribution is 0.1000. The van der Waals surface area contributed by atoms with Gasteiger partial charge in [-0.2, -0.15) is 5.26 Å². The van der Waals surface area contributed by atoms with Crippen LogP contribution in [0.5, 0.6) is 0 Å². The molecule has 2 aromatic carbocycles. The monoisotopic (exact) mass is 364 g/mol. The Labute approximate surface area is 154 Å². The first-order chi connectivity index (χ1) is 12.4. The second kappa shape index (κ2) is 6.94. The Morgan fingerprint density at radius 1 is 1.31 bits per heavy atom. The molecule has 3 rings (SSSR count). The lowest BCUT2D eigenvalue weighted by atomic mass is 10.0. The van der Waals surface area contributed by atoms with Crippen molar-refractivity contribution in [2.45, 2.75) is 11.8 Å². The van der Waals surface area contributed by atoms with Gasteiger partial charge in [0.05, 0.1) is 22.8 Å². The van der Waals surface area contributed by atoms with E-state index in [9.17, 15) is 9.59 Å². The summed E-state index contributed by atoms with van der Waals surface area (Å²) in [5, 5.41) is 12.9. The number of fused-ring (bicyclic) bond motifs is 1. The van der Waals surface area contributed by atoms with Crippen LogP contribution >= 0.6 is 11.8 Å². The predicted molar refractivity (Wildman–Crippen MR) is 104 cm³/mol. The highest BCUT2D eigenvalue weighted by Gasteiger charge is 2.19. The number of aromatic amines is 1. The Hall–Kier alpha value is -3.24. The Bertz CT molecular complexity index is 1130. The summed E-state index contributed by atoms with van der Waals surface area (Å²) in [6.07, 6.45) is 1.95. The van der Waals surface area contributed by atoms with E-state index in [1.807, 2.05) is 25.3 Å². The lowest BCUT2D eigenvalue weighted by Gasteiger charge is -2.15. The van der Waals surface area contributed by atoms with Crippen LogP contribution in [0.4, 0.5) is 11.4 Å². The van der Waals surface area contributed by atoms with Gasteiger partial charge in [-0.25, -0.2) is 0 Å². The number of pyridine rings is 1. The number of rotatable bonds is 4. The zero-order valence-electron chi connectivity index (χ0n) is 14.2. The maximum absolute atomic E-state index is 12.5. The number of hydrogen-bond donors (Lipinski definition) is 3. The number of nitrogens with one attached hydrogen (secondary N) is 2. The van der Waals surface area contributed by atoms with E-state index in [0.717, 1.165) is 10.5 Å². The van der Waals surface area contributed by atoms with Gasteiger partial charge in [-0.15, -0.1) is 11.8 Å². The van der Waals surface area contributed by atoms with E-state index in [2.05, 4.69) is 16.4 Å². The highest BCUT2D eigenvalue weighted by molar-refractivity contribution is 7.98. The Balaban J connectivity index is 2.34. The number of aryl methyl sites for hydroxylation is 1. The molecule has 0 atom stereocenters. The number of thioether (sulfide) groups is 1. The molecule has 0 bridgehead atoms. The smallest absolute Gasteiger partial charge is 0.263 e. The fourth-order valence-corrected chi connectivity index (χ4v) is 3.37. The van der Waals surface area contributed by atoms with Crippen molar-refractivity contribution >= 4 is 39.9 Å². The van der Waals surface area contributed by atoms with Gasteiger partial charge in [0.1, 0.15) is 5.56 Å². The number of carbonyl (C=O) groups excluding carboxylic acids is 1. The summed E-state index contributed by atoms with van der Waals surface area (Å²) in [6, 6.07) is 12.7. The van der Waals surface area contributed by atoms with E-state index in [-0.39, 0.29) is 5.56 Å². The second-order valence-electron chi connectivity index (χ2n) is 5.75. The van der Waals surface area contributed by atoms with Crippen LogP contribution in [-0.4, -0.2) is 17.1 Å². The summed E-state index contributed by atoms with van der Waals surface area (Å²) < 4.78 is 0.